The van der Waals surface area contributed by atoms with E-state index in [1.54, 1.807) is 0 Å². The topological polar surface area (TPSA) is 72.8 Å². The Labute approximate surface area is 491 Å². The predicted octanol–water partition coefficient (Wildman–Crippen LogP) is 23.8. The minimum atomic E-state index is -0.793. The highest BCUT2D eigenvalue weighted by molar-refractivity contribution is 5.70. The van der Waals surface area contributed by atoms with Crippen LogP contribution in [-0.4, -0.2) is 36.4 Å². The van der Waals surface area contributed by atoms with Gasteiger partial charge < -0.3 is 14.6 Å². The molecule has 0 rings (SSSR count). The molecule has 0 radical (unpaired) electrons. The van der Waals surface area contributed by atoms with Gasteiger partial charge in [0.2, 0.25) is 0 Å². The second-order valence-electron chi connectivity index (χ2n) is 22.9. The van der Waals surface area contributed by atoms with Gasteiger partial charge in [0.1, 0.15) is 6.61 Å². The van der Waals surface area contributed by atoms with Crippen LogP contribution in [0.5, 0.6) is 0 Å². The molecule has 0 saturated heterocycles. The van der Waals surface area contributed by atoms with Gasteiger partial charge in [-0.15, -0.1) is 0 Å². The number of carbonyl (C=O) groups excluding carboxylic acids is 2. The molecular weight excluding hydrogens is 969 g/mol. The lowest BCUT2D eigenvalue weighted by molar-refractivity contribution is -0.161. The van der Waals surface area contributed by atoms with E-state index in [1.165, 1.54) is 212 Å². The van der Waals surface area contributed by atoms with Crippen molar-refractivity contribution in [2.24, 2.45) is 0 Å². The summed E-state index contributed by atoms with van der Waals surface area (Å²) in [6, 6.07) is 0. The SMILES string of the molecule is CC/C=C\C/C=C\C/C=C\C/C=C\C/C=C\C/C=C\C/C=C\C/C=C\CCCCCCC(=O)OC(CO)COC(=O)CCCCCCCCCCCCCCCCCCCCCCCCCCCCCCCCCCCCCC. The lowest BCUT2D eigenvalue weighted by Crippen LogP contribution is -2.28. The summed E-state index contributed by atoms with van der Waals surface area (Å²) >= 11 is 0. The van der Waals surface area contributed by atoms with Crippen LogP contribution in [0.3, 0.4) is 0 Å². The average molecular weight is 1100 g/mol. The second-order valence-corrected chi connectivity index (χ2v) is 22.9. The van der Waals surface area contributed by atoms with Crippen molar-refractivity contribution in [3.63, 3.8) is 0 Å². The number of ether oxygens (including phenoxy) is 2. The Kier molecular flexibility index (Phi) is 66.3. The standard InChI is InChI=1S/C74H130O5/c1-3-5-7-9-11-13-15-17-19-21-23-25-27-29-31-33-34-35-36-37-38-39-41-42-44-46-48-50-52-54-56-58-60-62-64-66-68-73(76)78-71-72(70-75)79-74(77)69-67-65-63-61-59-57-55-53-51-49-47-45-43-40-32-30-28-26-24-22-20-18-16-14-12-10-8-6-4-2/h6,8,12,14,18,20,24,26,30,32,43,45,49,51,55,57,72,75H,3-5,7,9-11,13,15-17,19,21-23,25,27-29,31,33-42,44,46-48,50,52-54,56,58-71H2,1-2H3/b8-6-,14-12-,20-18-,26-24-,32-30-,45-43-,51-49-,57-55-. The first-order chi connectivity index (χ1) is 39.1. The summed E-state index contributed by atoms with van der Waals surface area (Å²) in [4.78, 5) is 24.6. The molecule has 0 saturated carbocycles. The fourth-order valence-electron chi connectivity index (χ4n) is 10.0. The first-order valence-electron chi connectivity index (χ1n) is 34.3. The van der Waals surface area contributed by atoms with Crippen LogP contribution in [0, 0.1) is 0 Å². The summed E-state index contributed by atoms with van der Waals surface area (Å²) in [7, 11) is 0. The summed E-state index contributed by atoms with van der Waals surface area (Å²) in [6.45, 7) is 4.04. The molecule has 0 aromatic rings. The number of allylic oxidation sites excluding steroid dienone is 16. The number of aliphatic hydroxyl groups excluding tert-OH is 1. The van der Waals surface area contributed by atoms with Crippen LogP contribution in [0.1, 0.15) is 341 Å². The molecule has 0 aliphatic rings. The van der Waals surface area contributed by atoms with Crippen molar-refractivity contribution in [3.8, 4) is 0 Å². The minimum absolute atomic E-state index is 0.0786. The number of unbranched alkanes of at least 4 members (excludes halogenated alkanes) is 39. The molecule has 0 spiro atoms. The van der Waals surface area contributed by atoms with E-state index in [9.17, 15) is 14.7 Å². The molecule has 5 heteroatoms. The Balaban J connectivity index is 3.48. The molecule has 79 heavy (non-hydrogen) atoms. The molecule has 0 bridgehead atoms. The number of aliphatic hydroxyl groups is 1. The van der Waals surface area contributed by atoms with Gasteiger partial charge in [0, 0.05) is 12.8 Å². The van der Waals surface area contributed by atoms with Crippen LogP contribution in [0.2, 0.25) is 0 Å². The van der Waals surface area contributed by atoms with Gasteiger partial charge in [0.25, 0.3) is 0 Å². The molecule has 0 amide bonds. The summed E-state index contributed by atoms with van der Waals surface area (Å²) in [5.74, 6) is -0.612. The first-order valence-corrected chi connectivity index (χ1v) is 34.3. The van der Waals surface area contributed by atoms with E-state index in [0.29, 0.717) is 12.8 Å². The van der Waals surface area contributed by atoms with E-state index >= 15 is 0 Å². The maximum atomic E-state index is 12.3. The Morgan fingerprint density at radius 1 is 0.304 bits per heavy atom. The molecule has 1 unspecified atom stereocenters. The van der Waals surface area contributed by atoms with Crippen molar-refractivity contribution in [1.29, 1.82) is 0 Å². The summed E-state index contributed by atoms with van der Waals surface area (Å²) in [6.07, 6.45) is 98.7. The summed E-state index contributed by atoms with van der Waals surface area (Å²) in [5.41, 5.74) is 0. The number of hydrogen-bond donors (Lipinski definition) is 1. The van der Waals surface area contributed by atoms with Crippen LogP contribution in [0.15, 0.2) is 97.2 Å². The maximum Gasteiger partial charge on any atom is 0.306 e. The zero-order valence-electron chi connectivity index (χ0n) is 52.4. The number of carbonyl (C=O) groups is 2. The first kappa shape index (κ1) is 75.8. The summed E-state index contributed by atoms with van der Waals surface area (Å²) in [5, 5.41) is 9.69. The fourth-order valence-corrected chi connectivity index (χ4v) is 10.0. The molecule has 1 atom stereocenters. The van der Waals surface area contributed by atoms with Gasteiger partial charge in [-0.1, -0.05) is 349 Å². The predicted molar refractivity (Wildman–Crippen MR) is 348 cm³/mol. The fraction of sp³-hybridized carbons (Fsp3) is 0.757. The van der Waals surface area contributed by atoms with Gasteiger partial charge in [-0.2, -0.15) is 0 Å². The van der Waals surface area contributed by atoms with Crippen molar-refractivity contribution in [3.05, 3.63) is 97.2 Å². The van der Waals surface area contributed by atoms with Crippen LogP contribution < -0.4 is 0 Å². The molecule has 0 fully saturated rings. The monoisotopic (exact) mass is 1100 g/mol. The van der Waals surface area contributed by atoms with Crippen molar-refractivity contribution >= 4 is 11.9 Å². The lowest BCUT2D eigenvalue weighted by atomic mass is 10.0. The Hall–Kier alpha value is -3.18. The van der Waals surface area contributed by atoms with E-state index in [-0.39, 0.29) is 25.2 Å². The number of rotatable bonds is 63. The molecule has 0 heterocycles. The van der Waals surface area contributed by atoms with Gasteiger partial charge in [-0.25, -0.2) is 0 Å². The third-order valence-electron chi connectivity index (χ3n) is 15.1. The van der Waals surface area contributed by atoms with E-state index < -0.39 is 6.10 Å². The van der Waals surface area contributed by atoms with Gasteiger partial charge in [-0.05, 0) is 77.0 Å². The van der Waals surface area contributed by atoms with Gasteiger partial charge in [0.15, 0.2) is 6.10 Å². The lowest BCUT2D eigenvalue weighted by Gasteiger charge is -2.15. The molecule has 0 aromatic carbocycles. The Morgan fingerprint density at radius 2 is 0.544 bits per heavy atom. The highest BCUT2D eigenvalue weighted by Crippen LogP contribution is 2.18. The van der Waals surface area contributed by atoms with Gasteiger partial charge >= 0.3 is 11.9 Å². The quantitative estimate of drug-likeness (QED) is 0.0373. The largest absolute Gasteiger partial charge is 0.462 e. The highest BCUT2D eigenvalue weighted by atomic mass is 16.6. The van der Waals surface area contributed by atoms with Crippen molar-refractivity contribution in [2.45, 2.75) is 347 Å². The Morgan fingerprint density at radius 3 is 0.823 bits per heavy atom. The molecule has 0 aliphatic heterocycles. The zero-order valence-corrected chi connectivity index (χ0v) is 52.4. The molecule has 456 valence electrons. The molecule has 0 aliphatic carbocycles. The van der Waals surface area contributed by atoms with Crippen LogP contribution >= 0.6 is 0 Å². The molecular formula is C74H130O5. The molecule has 1 N–H and O–H groups in total. The summed E-state index contributed by atoms with van der Waals surface area (Å²) < 4.78 is 10.7. The smallest absolute Gasteiger partial charge is 0.306 e. The van der Waals surface area contributed by atoms with Crippen molar-refractivity contribution in [1.82, 2.24) is 0 Å². The van der Waals surface area contributed by atoms with Crippen LogP contribution in [-0.2, 0) is 19.1 Å². The number of esters is 2. The van der Waals surface area contributed by atoms with Crippen LogP contribution in [0.4, 0.5) is 0 Å². The number of hydrogen-bond acceptors (Lipinski definition) is 5. The minimum Gasteiger partial charge on any atom is -0.462 e. The Bertz CT molecular complexity index is 1480. The average Bonchev–Trinajstić information content (AvgIpc) is 3.45. The molecule has 5 nitrogen and oxygen atoms in total. The van der Waals surface area contributed by atoms with Gasteiger partial charge in [-0.3, -0.25) is 9.59 Å². The third kappa shape index (κ3) is 67.2. The van der Waals surface area contributed by atoms with Crippen molar-refractivity contribution < 1.29 is 24.2 Å². The van der Waals surface area contributed by atoms with E-state index in [1.807, 2.05) is 0 Å². The second kappa shape index (κ2) is 69.1. The normalized spacial score (nSPS) is 12.8. The third-order valence-corrected chi connectivity index (χ3v) is 15.1. The van der Waals surface area contributed by atoms with Crippen LogP contribution in [0.25, 0.3) is 0 Å². The van der Waals surface area contributed by atoms with Crippen molar-refractivity contribution in [2.75, 3.05) is 13.2 Å². The molecule has 0 aromatic heterocycles. The van der Waals surface area contributed by atoms with E-state index in [0.717, 1.165) is 103 Å². The highest BCUT2D eigenvalue weighted by Gasteiger charge is 2.16. The maximum absolute atomic E-state index is 12.3. The van der Waals surface area contributed by atoms with E-state index in [2.05, 4.69) is 111 Å². The van der Waals surface area contributed by atoms with Gasteiger partial charge in [0.05, 0.1) is 6.61 Å². The van der Waals surface area contributed by atoms with E-state index in [4.69, 9.17) is 9.47 Å². The zero-order chi connectivity index (χ0) is 56.9.